The molecule has 1 unspecified atom stereocenters. The predicted molar refractivity (Wildman–Crippen MR) is 143 cm³/mol. The maximum atomic E-state index is 13.4. The van der Waals surface area contributed by atoms with Gasteiger partial charge in [0.25, 0.3) is 5.91 Å². The second-order valence-electron chi connectivity index (χ2n) is 10.6. The van der Waals surface area contributed by atoms with Crippen LogP contribution in [0.4, 0.5) is 5.69 Å². The molecule has 1 atom stereocenters. The number of para-hydroxylation sites is 1. The lowest BCUT2D eigenvalue weighted by Crippen LogP contribution is -2.36. The van der Waals surface area contributed by atoms with Crippen LogP contribution in [-0.4, -0.2) is 30.9 Å². The highest BCUT2D eigenvalue weighted by Gasteiger charge is 2.45. The number of allylic oxidation sites excluding steroid dienone is 2. The SMILES string of the molecule is CCOC(=O)C1=C(N)OC2=C(C(=O)CC(C)(C)C2)C1c1ccccc1OCC(=O)Nc1cc(C)cc(C)c1. The molecule has 38 heavy (non-hydrogen) atoms. The fraction of sp³-hybridized carbons (Fsp3) is 0.367. The average molecular weight is 519 g/mol. The Morgan fingerprint density at radius 1 is 1.11 bits per heavy atom. The van der Waals surface area contributed by atoms with Gasteiger partial charge in [0.15, 0.2) is 12.4 Å². The molecular formula is C30H34N2O6. The molecule has 0 saturated carbocycles. The fourth-order valence-electron chi connectivity index (χ4n) is 5.14. The van der Waals surface area contributed by atoms with E-state index in [1.807, 2.05) is 45.9 Å². The molecule has 3 N–H and O–H groups in total. The van der Waals surface area contributed by atoms with E-state index < -0.39 is 11.9 Å². The summed E-state index contributed by atoms with van der Waals surface area (Å²) in [5.74, 6) is -1.27. The number of benzene rings is 2. The van der Waals surface area contributed by atoms with Crippen molar-refractivity contribution in [3.8, 4) is 5.75 Å². The Morgan fingerprint density at radius 2 is 1.79 bits per heavy atom. The van der Waals surface area contributed by atoms with Gasteiger partial charge in [-0.2, -0.15) is 0 Å². The van der Waals surface area contributed by atoms with Gasteiger partial charge in [-0.05, 0) is 55.5 Å². The van der Waals surface area contributed by atoms with Crippen LogP contribution in [0.15, 0.2) is 65.3 Å². The van der Waals surface area contributed by atoms with E-state index in [-0.39, 0.29) is 41.8 Å². The summed E-state index contributed by atoms with van der Waals surface area (Å²) in [7, 11) is 0. The van der Waals surface area contributed by atoms with E-state index >= 15 is 0 Å². The van der Waals surface area contributed by atoms with Crippen molar-refractivity contribution in [2.45, 2.75) is 53.4 Å². The summed E-state index contributed by atoms with van der Waals surface area (Å²) in [5, 5.41) is 2.85. The van der Waals surface area contributed by atoms with Gasteiger partial charge in [-0.3, -0.25) is 9.59 Å². The Bertz CT molecular complexity index is 1330. The summed E-state index contributed by atoms with van der Waals surface area (Å²) in [6, 6.07) is 12.8. The van der Waals surface area contributed by atoms with Gasteiger partial charge < -0.3 is 25.3 Å². The number of nitrogens with one attached hydrogen (secondary N) is 1. The normalized spacial score (nSPS) is 18.4. The first-order valence-electron chi connectivity index (χ1n) is 12.7. The van der Waals surface area contributed by atoms with E-state index in [1.54, 1.807) is 31.2 Å². The summed E-state index contributed by atoms with van der Waals surface area (Å²) >= 11 is 0. The minimum Gasteiger partial charge on any atom is -0.483 e. The number of rotatable bonds is 7. The minimum atomic E-state index is -0.847. The van der Waals surface area contributed by atoms with Crippen molar-refractivity contribution in [2.75, 3.05) is 18.5 Å². The molecule has 0 spiro atoms. The molecule has 1 aliphatic heterocycles. The number of esters is 1. The minimum absolute atomic E-state index is 0.0504. The fourth-order valence-corrected chi connectivity index (χ4v) is 5.14. The van der Waals surface area contributed by atoms with Crippen molar-refractivity contribution < 1.29 is 28.6 Å². The molecule has 200 valence electrons. The lowest BCUT2D eigenvalue weighted by molar-refractivity contribution is -0.139. The Kier molecular flexibility index (Phi) is 7.62. The standard InChI is InChI=1S/C30H34N2O6/c1-6-36-29(35)27-25(26-21(33)14-30(4,5)15-23(26)38-28(27)31)20-9-7-8-10-22(20)37-16-24(34)32-19-12-17(2)11-18(3)13-19/h7-13,25H,6,14-16,31H2,1-5H3,(H,32,34). The van der Waals surface area contributed by atoms with Crippen LogP contribution in [0, 0.1) is 19.3 Å². The maximum absolute atomic E-state index is 13.4. The molecule has 1 heterocycles. The third kappa shape index (κ3) is 5.74. The van der Waals surface area contributed by atoms with Gasteiger partial charge in [0.1, 0.15) is 17.1 Å². The van der Waals surface area contributed by atoms with E-state index in [1.165, 1.54) is 0 Å². The van der Waals surface area contributed by atoms with Gasteiger partial charge in [-0.25, -0.2) is 4.79 Å². The van der Waals surface area contributed by atoms with Crippen molar-refractivity contribution >= 4 is 23.3 Å². The molecule has 0 aromatic heterocycles. The van der Waals surface area contributed by atoms with Gasteiger partial charge in [-0.1, -0.05) is 38.1 Å². The smallest absolute Gasteiger partial charge is 0.340 e. The first-order valence-corrected chi connectivity index (χ1v) is 12.7. The maximum Gasteiger partial charge on any atom is 0.340 e. The molecule has 0 radical (unpaired) electrons. The van der Waals surface area contributed by atoms with E-state index in [2.05, 4.69) is 5.32 Å². The molecule has 0 fully saturated rings. The number of Topliss-reactive ketones (excluding diaryl/α,β-unsaturated/α-hetero) is 1. The zero-order chi connectivity index (χ0) is 27.6. The summed E-state index contributed by atoms with van der Waals surface area (Å²) in [6.07, 6.45) is 0.783. The first kappa shape index (κ1) is 27.0. The summed E-state index contributed by atoms with van der Waals surface area (Å²) in [6.45, 7) is 9.44. The van der Waals surface area contributed by atoms with Crippen molar-refractivity contribution in [1.29, 1.82) is 0 Å². The van der Waals surface area contributed by atoms with Crippen LogP contribution in [0.25, 0.3) is 0 Å². The van der Waals surface area contributed by atoms with E-state index in [0.717, 1.165) is 11.1 Å². The number of aryl methyl sites for hydroxylation is 2. The Hall–Kier alpha value is -4.07. The van der Waals surface area contributed by atoms with E-state index in [9.17, 15) is 14.4 Å². The molecule has 8 nitrogen and oxygen atoms in total. The number of nitrogens with two attached hydrogens (primary N) is 1. The molecule has 2 aromatic rings. The highest BCUT2D eigenvalue weighted by Crippen LogP contribution is 2.49. The Balaban J connectivity index is 1.68. The van der Waals surface area contributed by atoms with Crippen LogP contribution < -0.4 is 15.8 Å². The number of hydrogen-bond acceptors (Lipinski definition) is 7. The third-order valence-electron chi connectivity index (χ3n) is 6.54. The lowest BCUT2D eigenvalue weighted by atomic mass is 9.70. The van der Waals surface area contributed by atoms with Crippen molar-refractivity contribution in [3.63, 3.8) is 0 Å². The molecule has 2 aromatic carbocycles. The molecule has 0 bridgehead atoms. The Morgan fingerprint density at radius 3 is 2.47 bits per heavy atom. The Labute approximate surface area is 222 Å². The van der Waals surface area contributed by atoms with Crippen LogP contribution in [0.1, 0.15) is 56.2 Å². The molecule has 4 rings (SSSR count). The second kappa shape index (κ2) is 10.7. The molecular weight excluding hydrogens is 484 g/mol. The van der Waals surface area contributed by atoms with Crippen molar-refractivity contribution in [3.05, 3.63) is 81.9 Å². The molecule has 2 aliphatic rings. The number of ether oxygens (including phenoxy) is 3. The van der Waals surface area contributed by atoms with Gasteiger partial charge in [0.2, 0.25) is 5.88 Å². The van der Waals surface area contributed by atoms with Crippen LogP contribution in [0.3, 0.4) is 0 Å². The van der Waals surface area contributed by atoms with Gasteiger partial charge in [0, 0.05) is 29.7 Å². The van der Waals surface area contributed by atoms with Crippen molar-refractivity contribution in [1.82, 2.24) is 0 Å². The predicted octanol–water partition coefficient (Wildman–Crippen LogP) is 4.81. The monoisotopic (exact) mass is 518 g/mol. The van der Waals surface area contributed by atoms with Gasteiger partial charge in [-0.15, -0.1) is 0 Å². The molecule has 1 amide bonds. The number of anilines is 1. The number of carbonyl (C=O) groups is 3. The van der Waals surface area contributed by atoms with Crippen LogP contribution in [-0.2, 0) is 23.9 Å². The quantitative estimate of drug-likeness (QED) is 0.505. The number of ketones is 1. The summed E-state index contributed by atoms with van der Waals surface area (Å²) in [4.78, 5) is 39.2. The first-order chi connectivity index (χ1) is 18.0. The summed E-state index contributed by atoms with van der Waals surface area (Å²) in [5.41, 5.74) is 9.65. The largest absolute Gasteiger partial charge is 0.483 e. The second-order valence-corrected chi connectivity index (χ2v) is 10.6. The molecule has 1 aliphatic carbocycles. The van der Waals surface area contributed by atoms with E-state index in [0.29, 0.717) is 41.2 Å². The number of amides is 1. The third-order valence-corrected chi connectivity index (χ3v) is 6.54. The zero-order valence-electron chi connectivity index (χ0n) is 22.5. The average Bonchev–Trinajstić information content (AvgIpc) is 2.80. The lowest BCUT2D eigenvalue weighted by Gasteiger charge is -2.38. The topological polar surface area (TPSA) is 117 Å². The van der Waals surface area contributed by atoms with E-state index in [4.69, 9.17) is 19.9 Å². The van der Waals surface area contributed by atoms with Crippen LogP contribution in [0.5, 0.6) is 5.75 Å². The molecule has 0 saturated heterocycles. The number of hydrogen-bond donors (Lipinski definition) is 2. The highest BCUT2D eigenvalue weighted by molar-refractivity contribution is 6.04. The summed E-state index contributed by atoms with van der Waals surface area (Å²) < 4.78 is 17.1. The van der Waals surface area contributed by atoms with Crippen LogP contribution >= 0.6 is 0 Å². The zero-order valence-corrected chi connectivity index (χ0v) is 22.5. The molecule has 8 heteroatoms. The van der Waals surface area contributed by atoms with Crippen LogP contribution in [0.2, 0.25) is 0 Å². The van der Waals surface area contributed by atoms with Gasteiger partial charge in [0.05, 0.1) is 12.5 Å². The highest BCUT2D eigenvalue weighted by atomic mass is 16.5. The van der Waals surface area contributed by atoms with Crippen molar-refractivity contribution in [2.24, 2.45) is 11.1 Å². The van der Waals surface area contributed by atoms with Gasteiger partial charge >= 0.3 is 5.97 Å². The number of carbonyl (C=O) groups excluding carboxylic acids is 3.